The quantitative estimate of drug-likeness (QED) is 0.579. The molecule has 0 radical (unpaired) electrons. The number of carbonyl (C=O) groups excluding carboxylic acids is 1. The van der Waals surface area contributed by atoms with Gasteiger partial charge < -0.3 is 9.08 Å². The van der Waals surface area contributed by atoms with Crippen molar-refractivity contribution in [1.29, 1.82) is 0 Å². The molecular weight excluding hydrogens is 381 g/mol. The van der Waals surface area contributed by atoms with Crippen LogP contribution in [0.5, 0.6) is 5.75 Å². The van der Waals surface area contributed by atoms with Crippen molar-refractivity contribution in [2.75, 3.05) is 6.54 Å². The number of hydrogen-bond donors (Lipinski definition) is 0. The smallest absolute Gasteiger partial charge is 0.339 e. The van der Waals surface area contributed by atoms with Gasteiger partial charge in [0.05, 0.1) is 0 Å². The number of halogens is 1. The van der Waals surface area contributed by atoms with Crippen LogP contribution in [0.15, 0.2) is 53.4 Å². The van der Waals surface area contributed by atoms with E-state index in [2.05, 4.69) is 13.8 Å². The monoisotopic (exact) mass is 407 g/mol. The predicted molar refractivity (Wildman–Crippen MR) is 106 cm³/mol. The summed E-state index contributed by atoms with van der Waals surface area (Å²) < 4.78 is 42.6. The molecule has 0 unspecified atom stereocenters. The number of benzene rings is 2. The van der Waals surface area contributed by atoms with E-state index in [-0.39, 0.29) is 16.6 Å². The molecule has 0 aliphatic heterocycles. The van der Waals surface area contributed by atoms with Crippen LogP contribution in [0.1, 0.15) is 39.2 Å². The summed E-state index contributed by atoms with van der Waals surface area (Å²) in [7, 11) is -4.03. The van der Waals surface area contributed by atoms with Crippen molar-refractivity contribution in [3.63, 3.8) is 0 Å². The molecule has 5 nitrogen and oxygen atoms in total. The lowest BCUT2D eigenvalue weighted by Crippen LogP contribution is -2.33. The topological polar surface area (TPSA) is 63.7 Å². The minimum atomic E-state index is -4.03. The third-order valence-electron chi connectivity index (χ3n) is 4.01. The fraction of sp³-hybridized carbons (Fsp3) is 0.381. The van der Waals surface area contributed by atoms with Gasteiger partial charge in [-0.05, 0) is 54.3 Å². The molecule has 0 spiro atoms. The maximum absolute atomic E-state index is 13.0. The number of carbonyl (C=O) groups is 1. The van der Waals surface area contributed by atoms with Crippen LogP contribution in [-0.4, -0.2) is 25.8 Å². The molecule has 0 N–H and O–H groups in total. The maximum atomic E-state index is 13.0. The van der Waals surface area contributed by atoms with Gasteiger partial charge in [0.25, 0.3) is 0 Å². The molecule has 152 valence electrons. The molecular formula is C21H26FNO4S. The fourth-order valence-corrected chi connectivity index (χ4v) is 3.64. The Morgan fingerprint density at radius 2 is 1.68 bits per heavy atom. The second kappa shape index (κ2) is 9.68. The summed E-state index contributed by atoms with van der Waals surface area (Å²) in [6.07, 6.45) is 1.30. The van der Waals surface area contributed by atoms with Gasteiger partial charge in [0.1, 0.15) is 16.5 Å². The van der Waals surface area contributed by atoms with Gasteiger partial charge in [0, 0.05) is 19.5 Å². The van der Waals surface area contributed by atoms with E-state index < -0.39 is 15.9 Å². The van der Waals surface area contributed by atoms with Crippen molar-refractivity contribution in [3.8, 4) is 5.75 Å². The molecule has 0 aromatic heterocycles. The van der Waals surface area contributed by atoms with Crippen LogP contribution in [0.3, 0.4) is 0 Å². The molecule has 0 aliphatic carbocycles. The third kappa shape index (κ3) is 6.34. The van der Waals surface area contributed by atoms with Gasteiger partial charge in [-0.3, -0.25) is 4.79 Å². The molecule has 2 rings (SSSR count). The summed E-state index contributed by atoms with van der Waals surface area (Å²) >= 11 is 0. The highest BCUT2D eigenvalue weighted by atomic mass is 32.2. The zero-order chi connectivity index (χ0) is 20.7. The zero-order valence-electron chi connectivity index (χ0n) is 16.4. The average Bonchev–Trinajstić information content (AvgIpc) is 2.62. The lowest BCUT2D eigenvalue weighted by molar-refractivity contribution is -0.132. The van der Waals surface area contributed by atoms with Gasteiger partial charge in [0.15, 0.2) is 0 Å². The first-order chi connectivity index (χ1) is 13.2. The average molecular weight is 408 g/mol. The van der Waals surface area contributed by atoms with Crippen molar-refractivity contribution in [1.82, 2.24) is 4.90 Å². The minimum absolute atomic E-state index is 0.107. The number of hydrogen-bond acceptors (Lipinski definition) is 4. The van der Waals surface area contributed by atoms with E-state index in [1.807, 2.05) is 11.8 Å². The Kier molecular flexibility index (Phi) is 7.57. The number of rotatable bonds is 9. The van der Waals surface area contributed by atoms with Crippen molar-refractivity contribution in [3.05, 3.63) is 59.9 Å². The Bertz CT molecular complexity index is 878. The van der Waals surface area contributed by atoms with E-state index in [1.54, 1.807) is 24.3 Å². The molecule has 0 heterocycles. The van der Waals surface area contributed by atoms with Crippen LogP contribution < -0.4 is 4.18 Å². The van der Waals surface area contributed by atoms with Crippen molar-refractivity contribution in [2.24, 2.45) is 5.92 Å². The van der Waals surface area contributed by atoms with E-state index in [0.29, 0.717) is 25.4 Å². The summed E-state index contributed by atoms with van der Waals surface area (Å²) in [4.78, 5) is 14.0. The highest BCUT2D eigenvalue weighted by Gasteiger charge is 2.18. The van der Waals surface area contributed by atoms with Gasteiger partial charge in [0.2, 0.25) is 5.91 Å². The molecule has 1 amide bonds. The molecule has 0 saturated heterocycles. The second-order valence-electron chi connectivity index (χ2n) is 7.05. The van der Waals surface area contributed by atoms with Crippen LogP contribution in [0.4, 0.5) is 4.39 Å². The molecule has 2 aromatic carbocycles. The highest BCUT2D eigenvalue weighted by molar-refractivity contribution is 7.87. The van der Waals surface area contributed by atoms with E-state index in [1.165, 1.54) is 0 Å². The molecule has 0 bridgehead atoms. The molecule has 2 aromatic rings. The molecule has 0 saturated carbocycles. The fourth-order valence-electron chi connectivity index (χ4n) is 2.71. The van der Waals surface area contributed by atoms with Gasteiger partial charge in [-0.2, -0.15) is 8.42 Å². The SMILES string of the molecule is CCCC(=O)N(Cc1ccc(OS(=O)(=O)c2ccc(F)cc2)cc1)CC(C)C. The Balaban J connectivity index is 2.09. The van der Waals surface area contributed by atoms with Crippen LogP contribution in [0.2, 0.25) is 0 Å². The molecule has 0 atom stereocenters. The number of amides is 1. The summed E-state index contributed by atoms with van der Waals surface area (Å²) in [5, 5.41) is 0. The summed E-state index contributed by atoms with van der Waals surface area (Å²) in [6, 6.07) is 11.0. The molecule has 7 heteroatoms. The standard InChI is InChI=1S/C21H26FNO4S/c1-4-5-21(24)23(14-16(2)3)15-17-6-10-19(11-7-17)27-28(25,26)20-12-8-18(22)9-13-20/h6-13,16H,4-5,14-15H2,1-3H3. The Morgan fingerprint density at radius 1 is 1.07 bits per heavy atom. The maximum Gasteiger partial charge on any atom is 0.339 e. The molecule has 0 fully saturated rings. The number of nitrogens with zero attached hydrogens (tertiary/aromatic N) is 1. The van der Waals surface area contributed by atoms with Crippen LogP contribution in [0, 0.1) is 11.7 Å². The largest absolute Gasteiger partial charge is 0.379 e. The normalized spacial score (nSPS) is 11.5. The lowest BCUT2D eigenvalue weighted by Gasteiger charge is -2.24. The molecule has 0 aliphatic rings. The first-order valence-electron chi connectivity index (χ1n) is 9.28. The van der Waals surface area contributed by atoms with Crippen molar-refractivity contribution < 1.29 is 21.8 Å². The van der Waals surface area contributed by atoms with Crippen LogP contribution in [0.25, 0.3) is 0 Å². The Hall–Kier alpha value is -2.41. The van der Waals surface area contributed by atoms with Crippen LogP contribution >= 0.6 is 0 Å². The summed E-state index contributed by atoms with van der Waals surface area (Å²) in [6.45, 7) is 7.21. The minimum Gasteiger partial charge on any atom is -0.379 e. The van der Waals surface area contributed by atoms with Crippen LogP contribution in [-0.2, 0) is 21.5 Å². The highest BCUT2D eigenvalue weighted by Crippen LogP contribution is 2.20. The van der Waals surface area contributed by atoms with E-state index >= 15 is 0 Å². The van der Waals surface area contributed by atoms with E-state index in [4.69, 9.17) is 4.18 Å². The Morgan fingerprint density at radius 3 is 2.21 bits per heavy atom. The van der Waals surface area contributed by atoms with Gasteiger partial charge >= 0.3 is 10.1 Å². The van der Waals surface area contributed by atoms with Crippen molar-refractivity contribution in [2.45, 2.75) is 45.1 Å². The second-order valence-corrected chi connectivity index (χ2v) is 8.60. The Labute approximate surface area is 166 Å². The van der Waals surface area contributed by atoms with E-state index in [9.17, 15) is 17.6 Å². The van der Waals surface area contributed by atoms with Gasteiger partial charge in [-0.15, -0.1) is 0 Å². The first kappa shape index (κ1) is 21.9. The third-order valence-corrected chi connectivity index (χ3v) is 5.27. The lowest BCUT2D eigenvalue weighted by atomic mass is 10.1. The van der Waals surface area contributed by atoms with Gasteiger partial charge in [-0.25, -0.2) is 4.39 Å². The van der Waals surface area contributed by atoms with Crippen molar-refractivity contribution >= 4 is 16.0 Å². The van der Waals surface area contributed by atoms with Gasteiger partial charge in [-0.1, -0.05) is 32.9 Å². The summed E-state index contributed by atoms with van der Waals surface area (Å²) in [5.41, 5.74) is 0.886. The summed E-state index contributed by atoms with van der Waals surface area (Å²) in [5.74, 6) is 0.0925. The first-order valence-corrected chi connectivity index (χ1v) is 10.7. The molecule has 28 heavy (non-hydrogen) atoms. The van der Waals surface area contributed by atoms with E-state index in [0.717, 1.165) is 36.2 Å². The predicted octanol–water partition coefficient (Wildman–Crippen LogP) is 4.38. The zero-order valence-corrected chi connectivity index (χ0v) is 17.2.